The van der Waals surface area contributed by atoms with Crippen molar-refractivity contribution in [1.29, 1.82) is 0 Å². The van der Waals surface area contributed by atoms with E-state index in [1.54, 1.807) is 49.1 Å². The summed E-state index contributed by atoms with van der Waals surface area (Å²) in [5.74, 6) is 0.727. The van der Waals surface area contributed by atoms with Gasteiger partial charge in [-0.05, 0) is 54.6 Å². The molecule has 0 fully saturated rings. The van der Waals surface area contributed by atoms with Gasteiger partial charge in [0.1, 0.15) is 5.82 Å². The normalized spacial score (nSPS) is 11.2. The Labute approximate surface area is 185 Å². The van der Waals surface area contributed by atoms with Gasteiger partial charge in [-0.3, -0.25) is 9.55 Å². The zero-order chi connectivity index (χ0) is 22.7. The number of urea groups is 1. The number of amides is 2. The van der Waals surface area contributed by atoms with Crippen LogP contribution in [-0.2, 0) is 6.18 Å². The molecule has 2 heterocycles. The Morgan fingerprint density at radius 1 is 0.938 bits per heavy atom. The standard InChI is InChI=1S/C22H15ClF3N5O/c23-18-6-1-15(22(24,25)26)13-19(18)30-21(32)29-16-2-4-17(5-3-16)31-12-11-28-20(31)14-7-9-27-10-8-14/h1-13H,(H2,29,30,32). The molecule has 0 spiro atoms. The average molecular weight is 458 g/mol. The fraction of sp³-hybridized carbons (Fsp3) is 0.0455. The molecule has 162 valence electrons. The number of alkyl halides is 3. The summed E-state index contributed by atoms with van der Waals surface area (Å²) in [6.45, 7) is 0. The van der Waals surface area contributed by atoms with Crippen molar-refractivity contribution in [2.45, 2.75) is 6.18 Å². The molecule has 4 rings (SSSR count). The summed E-state index contributed by atoms with van der Waals surface area (Å²) in [5, 5.41) is 4.91. The molecule has 6 nitrogen and oxygen atoms in total. The molecule has 32 heavy (non-hydrogen) atoms. The van der Waals surface area contributed by atoms with Gasteiger partial charge in [0.2, 0.25) is 0 Å². The number of halogens is 4. The van der Waals surface area contributed by atoms with Crippen LogP contribution in [0.2, 0.25) is 5.02 Å². The third kappa shape index (κ3) is 4.73. The first-order valence-electron chi connectivity index (χ1n) is 9.30. The number of rotatable bonds is 4. The van der Waals surface area contributed by atoms with Gasteiger partial charge in [0, 0.05) is 41.7 Å². The van der Waals surface area contributed by atoms with Gasteiger partial charge in [0.05, 0.1) is 16.3 Å². The summed E-state index contributed by atoms with van der Waals surface area (Å²) >= 11 is 5.91. The number of pyridine rings is 1. The van der Waals surface area contributed by atoms with Gasteiger partial charge in [-0.1, -0.05) is 11.6 Å². The molecular weight excluding hydrogens is 443 g/mol. The molecule has 2 aromatic carbocycles. The van der Waals surface area contributed by atoms with Gasteiger partial charge < -0.3 is 10.6 Å². The number of nitrogens with one attached hydrogen (secondary N) is 2. The molecule has 2 amide bonds. The van der Waals surface area contributed by atoms with Crippen LogP contribution in [0.1, 0.15) is 5.56 Å². The molecule has 10 heteroatoms. The van der Waals surface area contributed by atoms with Crippen LogP contribution in [0.15, 0.2) is 79.4 Å². The lowest BCUT2D eigenvalue weighted by atomic mass is 10.2. The van der Waals surface area contributed by atoms with E-state index < -0.39 is 17.8 Å². The summed E-state index contributed by atoms with van der Waals surface area (Å²) in [6, 6.07) is 12.6. The van der Waals surface area contributed by atoms with E-state index in [-0.39, 0.29) is 10.7 Å². The summed E-state index contributed by atoms with van der Waals surface area (Å²) in [6.07, 6.45) is 2.29. The SMILES string of the molecule is O=C(Nc1ccc(-n2ccnc2-c2ccncc2)cc1)Nc1cc(C(F)(F)F)ccc1Cl. The number of nitrogens with zero attached hydrogens (tertiary/aromatic N) is 3. The maximum atomic E-state index is 12.9. The number of hydrogen-bond acceptors (Lipinski definition) is 3. The molecule has 0 atom stereocenters. The number of carbonyl (C=O) groups excluding carboxylic acids is 1. The number of imidazole rings is 1. The Balaban J connectivity index is 1.48. The minimum Gasteiger partial charge on any atom is -0.308 e. The highest BCUT2D eigenvalue weighted by Crippen LogP contribution is 2.34. The minimum absolute atomic E-state index is 0.00718. The van der Waals surface area contributed by atoms with Crippen LogP contribution >= 0.6 is 11.6 Å². The van der Waals surface area contributed by atoms with Gasteiger partial charge in [0.25, 0.3) is 0 Å². The summed E-state index contributed by atoms with van der Waals surface area (Å²) in [4.78, 5) is 20.6. The van der Waals surface area contributed by atoms with E-state index in [4.69, 9.17) is 11.6 Å². The van der Waals surface area contributed by atoms with Gasteiger partial charge in [-0.15, -0.1) is 0 Å². The lowest BCUT2D eigenvalue weighted by Crippen LogP contribution is -2.20. The van der Waals surface area contributed by atoms with Crippen molar-refractivity contribution in [2.24, 2.45) is 0 Å². The third-order valence-corrected chi connectivity index (χ3v) is 4.85. The number of anilines is 2. The van der Waals surface area contributed by atoms with Crippen molar-refractivity contribution < 1.29 is 18.0 Å². The van der Waals surface area contributed by atoms with Crippen LogP contribution in [0, 0.1) is 0 Å². The Morgan fingerprint density at radius 3 is 2.34 bits per heavy atom. The molecule has 0 radical (unpaired) electrons. The molecule has 4 aromatic rings. The zero-order valence-electron chi connectivity index (χ0n) is 16.3. The minimum atomic E-state index is -4.55. The van der Waals surface area contributed by atoms with Crippen molar-refractivity contribution >= 4 is 29.0 Å². The number of aromatic nitrogens is 3. The molecule has 0 aliphatic rings. The van der Waals surface area contributed by atoms with Crippen molar-refractivity contribution in [3.63, 3.8) is 0 Å². The third-order valence-electron chi connectivity index (χ3n) is 4.52. The van der Waals surface area contributed by atoms with Gasteiger partial charge in [-0.25, -0.2) is 9.78 Å². The molecule has 0 bridgehead atoms. The number of hydrogen-bond donors (Lipinski definition) is 2. The Morgan fingerprint density at radius 2 is 1.66 bits per heavy atom. The second-order valence-electron chi connectivity index (χ2n) is 6.68. The summed E-state index contributed by atoms with van der Waals surface area (Å²) in [5.41, 5.74) is 1.09. The first-order chi connectivity index (χ1) is 15.3. The maximum absolute atomic E-state index is 12.9. The van der Waals surface area contributed by atoms with E-state index in [0.29, 0.717) is 5.69 Å². The first-order valence-corrected chi connectivity index (χ1v) is 9.68. The van der Waals surface area contributed by atoms with Crippen LogP contribution in [0.5, 0.6) is 0 Å². The van der Waals surface area contributed by atoms with E-state index in [1.807, 2.05) is 16.7 Å². The van der Waals surface area contributed by atoms with Crippen LogP contribution in [0.25, 0.3) is 17.1 Å². The smallest absolute Gasteiger partial charge is 0.308 e. The predicted octanol–water partition coefficient (Wildman–Crippen LogP) is 6.25. The lowest BCUT2D eigenvalue weighted by Gasteiger charge is -2.13. The molecule has 0 saturated carbocycles. The van der Waals surface area contributed by atoms with Crippen molar-refractivity contribution in [3.05, 3.63) is 90.0 Å². The molecule has 2 aromatic heterocycles. The summed E-state index contributed by atoms with van der Waals surface area (Å²) < 4.78 is 40.6. The maximum Gasteiger partial charge on any atom is 0.416 e. The highest BCUT2D eigenvalue weighted by molar-refractivity contribution is 6.33. The average Bonchev–Trinajstić information content (AvgIpc) is 3.25. The first kappa shape index (κ1) is 21.4. The van der Waals surface area contributed by atoms with E-state index >= 15 is 0 Å². The number of benzene rings is 2. The highest BCUT2D eigenvalue weighted by Gasteiger charge is 2.31. The molecular formula is C22H15ClF3N5O. The van der Waals surface area contributed by atoms with Gasteiger partial charge >= 0.3 is 12.2 Å². The fourth-order valence-electron chi connectivity index (χ4n) is 3.01. The van der Waals surface area contributed by atoms with E-state index in [0.717, 1.165) is 35.3 Å². The Bertz CT molecular complexity index is 1240. The fourth-order valence-corrected chi connectivity index (χ4v) is 3.18. The summed E-state index contributed by atoms with van der Waals surface area (Å²) in [7, 11) is 0. The van der Waals surface area contributed by atoms with Crippen molar-refractivity contribution in [2.75, 3.05) is 10.6 Å². The topological polar surface area (TPSA) is 71.8 Å². The molecule has 0 aliphatic heterocycles. The van der Waals surface area contributed by atoms with E-state index in [9.17, 15) is 18.0 Å². The zero-order valence-corrected chi connectivity index (χ0v) is 17.0. The predicted molar refractivity (Wildman–Crippen MR) is 116 cm³/mol. The molecule has 2 N–H and O–H groups in total. The largest absolute Gasteiger partial charge is 0.416 e. The van der Waals surface area contributed by atoms with Crippen molar-refractivity contribution in [3.8, 4) is 17.1 Å². The molecule has 0 aliphatic carbocycles. The second-order valence-corrected chi connectivity index (χ2v) is 7.08. The Kier molecular flexibility index (Phi) is 5.83. The number of carbonyl (C=O) groups is 1. The van der Waals surface area contributed by atoms with Crippen LogP contribution in [-0.4, -0.2) is 20.6 Å². The second kappa shape index (κ2) is 8.72. The van der Waals surface area contributed by atoms with Crippen LogP contribution in [0.4, 0.5) is 29.3 Å². The van der Waals surface area contributed by atoms with E-state index in [1.165, 1.54) is 0 Å². The van der Waals surface area contributed by atoms with Crippen LogP contribution in [0.3, 0.4) is 0 Å². The monoisotopic (exact) mass is 457 g/mol. The quantitative estimate of drug-likeness (QED) is 0.380. The van der Waals surface area contributed by atoms with Crippen molar-refractivity contribution in [1.82, 2.24) is 14.5 Å². The van der Waals surface area contributed by atoms with Gasteiger partial charge in [0.15, 0.2) is 0 Å². The molecule has 0 unspecified atom stereocenters. The Hall–Kier alpha value is -3.85. The van der Waals surface area contributed by atoms with Crippen LogP contribution < -0.4 is 10.6 Å². The highest BCUT2D eigenvalue weighted by atomic mass is 35.5. The van der Waals surface area contributed by atoms with E-state index in [2.05, 4.69) is 20.6 Å². The van der Waals surface area contributed by atoms with Gasteiger partial charge in [-0.2, -0.15) is 13.2 Å². The molecule has 0 saturated heterocycles. The lowest BCUT2D eigenvalue weighted by molar-refractivity contribution is -0.137.